The van der Waals surface area contributed by atoms with Crippen LogP contribution in [0.3, 0.4) is 0 Å². The number of carbonyl (C=O) groups excluding carboxylic acids is 1. The van der Waals surface area contributed by atoms with Crippen molar-refractivity contribution in [2.24, 2.45) is 0 Å². The molecule has 1 aromatic rings. The Morgan fingerprint density at radius 1 is 1.35 bits per heavy atom. The van der Waals surface area contributed by atoms with E-state index < -0.39 is 0 Å². The Kier molecular flexibility index (Phi) is 4.84. The normalized spacial score (nSPS) is 16.8. The average molecular weight is 277 g/mol. The predicted molar refractivity (Wildman–Crippen MR) is 80.4 cm³/mol. The van der Waals surface area contributed by atoms with E-state index in [1.807, 2.05) is 25.1 Å². The van der Waals surface area contributed by atoms with Crippen LogP contribution in [0.5, 0.6) is 5.75 Å². The van der Waals surface area contributed by atoms with Crippen molar-refractivity contribution in [3.8, 4) is 5.75 Å². The molecular formula is C15H23N3O2. The molecule has 0 unspecified atom stereocenters. The van der Waals surface area contributed by atoms with Crippen molar-refractivity contribution in [1.82, 2.24) is 10.2 Å². The van der Waals surface area contributed by atoms with Crippen molar-refractivity contribution in [1.29, 1.82) is 0 Å². The number of anilines is 1. The van der Waals surface area contributed by atoms with Gasteiger partial charge in [0.2, 0.25) is 0 Å². The molecule has 5 nitrogen and oxygen atoms in total. The second-order valence-electron chi connectivity index (χ2n) is 5.38. The summed E-state index contributed by atoms with van der Waals surface area (Å²) in [4.78, 5) is 14.3. The SMILES string of the molecule is COc1ccc(C)cc1NC(=O)NC1CCN(C)CC1. The molecule has 0 bridgehead atoms. The second kappa shape index (κ2) is 6.61. The molecular weight excluding hydrogens is 254 g/mol. The fourth-order valence-electron chi connectivity index (χ4n) is 2.42. The quantitative estimate of drug-likeness (QED) is 0.890. The molecule has 2 rings (SSSR count). The van der Waals surface area contributed by atoms with Gasteiger partial charge in [-0.3, -0.25) is 0 Å². The average Bonchev–Trinajstić information content (AvgIpc) is 2.41. The topological polar surface area (TPSA) is 53.6 Å². The Bertz CT molecular complexity index is 468. The summed E-state index contributed by atoms with van der Waals surface area (Å²) in [6.07, 6.45) is 1.99. The van der Waals surface area contributed by atoms with E-state index in [4.69, 9.17) is 4.74 Å². The molecule has 5 heteroatoms. The van der Waals surface area contributed by atoms with Crippen LogP contribution in [0.15, 0.2) is 18.2 Å². The summed E-state index contributed by atoms with van der Waals surface area (Å²) in [5.41, 5.74) is 1.79. The number of carbonyl (C=O) groups is 1. The highest BCUT2D eigenvalue weighted by Gasteiger charge is 2.18. The zero-order chi connectivity index (χ0) is 14.5. The number of aryl methyl sites for hydroxylation is 1. The standard InChI is InChI=1S/C15H23N3O2/c1-11-4-5-14(20-3)13(10-11)17-15(19)16-12-6-8-18(2)9-7-12/h4-5,10,12H,6-9H2,1-3H3,(H2,16,17,19). The maximum absolute atomic E-state index is 12.1. The molecule has 0 saturated carbocycles. The molecule has 1 fully saturated rings. The zero-order valence-electron chi connectivity index (χ0n) is 12.4. The zero-order valence-corrected chi connectivity index (χ0v) is 12.4. The third-order valence-corrected chi connectivity index (χ3v) is 3.66. The summed E-state index contributed by atoms with van der Waals surface area (Å²) in [6.45, 7) is 4.04. The number of methoxy groups -OCH3 is 1. The summed E-state index contributed by atoms with van der Waals surface area (Å²) in [7, 11) is 3.71. The van der Waals surface area contributed by atoms with Crippen LogP contribution in [0.25, 0.3) is 0 Å². The molecule has 1 aliphatic heterocycles. The van der Waals surface area contributed by atoms with E-state index in [2.05, 4.69) is 22.6 Å². The van der Waals surface area contributed by atoms with Crippen LogP contribution in [-0.2, 0) is 0 Å². The number of likely N-dealkylation sites (tertiary alicyclic amines) is 1. The van der Waals surface area contributed by atoms with Gasteiger partial charge in [-0.05, 0) is 57.6 Å². The van der Waals surface area contributed by atoms with Gasteiger partial charge in [0.1, 0.15) is 5.75 Å². The van der Waals surface area contributed by atoms with Gasteiger partial charge in [0, 0.05) is 6.04 Å². The molecule has 1 saturated heterocycles. The van der Waals surface area contributed by atoms with Crippen molar-refractivity contribution < 1.29 is 9.53 Å². The highest BCUT2D eigenvalue weighted by atomic mass is 16.5. The molecule has 0 radical (unpaired) electrons. The molecule has 2 N–H and O–H groups in total. The summed E-state index contributed by atoms with van der Waals surface area (Å²) < 4.78 is 5.26. The number of urea groups is 1. The molecule has 2 amide bonds. The number of amides is 2. The molecule has 0 atom stereocenters. The Hall–Kier alpha value is -1.75. The fraction of sp³-hybridized carbons (Fsp3) is 0.533. The van der Waals surface area contributed by atoms with Crippen molar-refractivity contribution >= 4 is 11.7 Å². The van der Waals surface area contributed by atoms with Gasteiger partial charge in [-0.1, -0.05) is 6.07 Å². The van der Waals surface area contributed by atoms with E-state index >= 15 is 0 Å². The van der Waals surface area contributed by atoms with Crippen LogP contribution in [0, 0.1) is 6.92 Å². The van der Waals surface area contributed by atoms with Gasteiger partial charge in [0.15, 0.2) is 0 Å². The number of hydrogen-bond donors (Lipinski definition) is 2. The monoisotopic (exact) mass is 277 g/mol. The number of piperidine rings is 1. The Morgan fingerprint density at radius 2 is 2.05 bits per heavy atom. The largest absolute Gasteiger partial charge is 0.495 e. The van der Waals surface area contributed by atoms with E-state index in [0.717, 1.165) is 31.5 Å². The molecule has 0 aliphatic carbocycles. The summed E-state index contributed by atoms with van der Waals surface area (Å²) >= 11 is 0. The number of nitrogens with zero attached hydrogens (tertiary/aromatic N) is 1. The van der Waals surface area contributed by atoms with E-state index in [1.54, 1.807) is 7.11 Å². The van der Waals surface area contributed by atoms with E-state index in [-0.39, 0.29) is 12.1 Å². The molecule has 1 aliphatic rings. The molecule has 1 heterocycles. The number of nitrogens with one attached hydrogen (secondary N) is 2. The van der Waals surface area contributed by atoms with Gasteiger partial charge in [-0.2, -0.15) is 0 Å². The minimum absolute atomic E-state index is 0.163. The lowest BCUT2D eigenvalue weighted by molar-refractivity contribution is 0.221. The van der Waals surface area contributed by atoms with Gasteiger partial charge in [0.25, 0.3) is 0 Å². The van der Waals surface area contributed by atoms with Gasteiger partial charge in [0.05, 0.1) is 12.8 Å². The van der Waals surface area contributed by atoms with Crippen LogP contribution in [0.1, 0.15) is 18.4 Å². The first-order valence-corrected chi connectivity index (χ1v) is 6.99. The summed E-state index contributed by atoms with van der Waals surface area (Å²) in [5.74, 6) is 0.675. The number of rotatable bonds is 3. The van der Waals surface area contributed by atoms with Crippen molar-refractivity contribution in [2.75, 3.05) is 32.6 Å². The Morgan fingerprint density at radius 3 is 2.70 bits per heavy atom. The second-order valence-corrected chi connectivity index (χ2v) is 5.38. The molecule has 0 spiro atoms. The molecule has 1 aromatic carbocycles. The lowest BCUT2D eigenvalue weighted by atomic mass is 10.1. The van der Waals surface area contributed by atoms with Gasteiger partial charge >= 0.3 is 6.03 Å². The highest BCUT2D eigenvalue weighted by molar-refractivity contribution is 5.91. The number of benzene rings is 1. The Labute approximate surface area is 120 Å². The third-order valence-electron chi connectivity index (χ3n) is 3.66. The summed E-state index contributed by atoms with van der Waals surface area (Å²) in [5, 5.41) is 5.90. The maximum atomic E-state index is 12.1. The molecule has 20 heavy (non-hydrogen) atoms. The number of ether oxygens (including phenoxy) is 1. The van der Waals surface area contributed by atoms with Crippen molar-refractivity contribution in [2.45, 2.75) is 25.8 Å². The maximum Gasteiger partial charge on any atom is 0.319 e. The molecule has 110 valence electrons. The van der Waals surface area contributed by atoms with Crippen molar-refractivity contribution in [3.63, 3.8) is 0 Å². The van der Waals surface area contributed by atoms with Gasteiger partial charge < -0.3 is 20.3 Å². The first-order chi connectivity index (χ1) is 9.58. The van der Waals surface area contributed by atoms with E-state index in [0.29, 0.717) is 11.4 Å². The lowest BCUT2D eigenvalue weighted by Gasteiger charge is -2.29. The Balaban J connectivity index is 1.92. The van der Waals surface area contributed by atoms with Crippen molar-refractivity contribution in [3.05, 3.63) is 23.8 Å². The van der Waals surface area contributed by atoms with E-state index in [1.165, 1.54) is 0 Å². The smallest absolute Gasteiger partial charge is 0.319 e. The number of hydrogen-bond acceptors (Lipinski definition) is 3. The fourth-order valence-corrected chi connectivity index (χ4v) is 2.42. The minimum atomic E-state index is -0.163. The van der Waals surface area contributed by atoms with Gasteiger partial charge in [-0.15, -0.1) is 0 Å². The third kappa shape index (κ3) is 3.87. The van der Waals surface area contributed by atoms with Crippen LogP contribution in [0.4, 0.5) is 10.5 Å². The summed E-state index contributed by atoms with van der Waals surface area (Å²) in [6, 6.07) is 5.82. The minimum Gasteiger partial charge on any atom is -0.495 e. The lowest BCUT2D eigenvalue weighted by Crippen LogP contribution is -2.44. The van der Waals surface area contributed by atoms with Crippen LogP contribution >= 0.6 is 0 Å². The van der Waals surface area contributed by atoms with Crippen LogP contribution < -0.4 is 15.4 Å². The first-order valence-electron chi connectivity index (χ1n) is 6.99. The first kappa shape index (κ1) is 14.7. The molecule has 0 aromatic heterocycles. The highest BCUT2D eigenvalue weighted by Crippen LogP contribution is 2.25. The van der Waals surface area contributed by atoms with E-state index in [9.17, 15) is 4.79 Å². The van der Waals surface area contributed by atoms with Crippen LogP contribution in [-0.4, -0.2) is 44.2 Å². The van der Waals surface area contributed by atoms with Crippen LogP contribution in [0.2, 0.25) is 0 Å². The predicted octanol–water partition coefficient (Wildman–Crippen LogP) is 2.22. The van der Waals surface area contributed by atoms with Gasteiger partial charge in [-0.25, -0.2) is 4.79 Å².